The summed E-state index contributed by atoms with van der Waals surface area (Å²) in [4.78, 5) is 10.5. The normalized spacial score (nSPS) is 10.3. The highest BCUT2D eigenvalue weighted by atomic mass is 32.2. The minimum absolute atomic E-state index is 0.0158. The summed E-state index contributed by atoms with van der Waals surface area (Å²) in [5.41, 5.74) is 0.879. The standard InChI is InChI=1S/C13H15N3O3S2/c1-2-7-19-10-5-3-9(4-6-10)14-12-15-16-13(21-12)20-8-11(17)18/h3-6H,2,7-8H2,1H3,(H,14,15)(H,17,18). The van der Waals surface area contributed by atoms with Crippen molar-refractivity contribution in [3.05, 3.63) is 24.3 Å². The first-order chi connectivity index (χ1) is 10.2. The minimum atomic E-state index is -0.868. The highest BCUT2D eigenvalue weighted by molar-refractivity contribution is 8.01. The van der Waals surface area contributed by atoms with Crippen LogP contribution in [0.3, 0.4) is 0 Å². The predicted molar refractivity (Wildman–Crippen MR) is 83.8 cm³/mol. The number of aromatic nitrogens is 2. The number of thioether (sulfide) groups is 1. The number of carboxylic acid groups (broad SMARTS) is 1. The molecule has 2 rings (SSSR count). The van der Waals surface area contributed by atoms with E-state index in [0.29, 0.717) is 16.1 Å². The van der Waals surface area contributed by atoms with E-state index in [2.05, 4.69) is 22.4 Å². The van der Waals surface area contributed by atoms with Crippen LogP contribution in [-0.2, 0) is 4.79 Å². The van der Waals surface area contributed by atoms with Gasteiger partial charge in [-0.25, -0.2) is 0 Å². The Morgan fingerprint density at radius 3 is 2.81 bits per heavy atom. The largest absolute Gasteiger partial charge is 0.494 e. The summed E-state index contributed by atoms with van der Waals surface area (Å²) in [7, 11) is 0. The van der Waals surface area contributed by atoms with Gasteiger partial charge in [-0.3, -0.25) is 4.79 Å². The molecule has 0 amide bonds. The molecular weight excluding hydrogens is 310 g/mol. The highest BCUT2D eigenvalue weighted by Gasteiger charge is 2.07. The summed E-state index contributed by atoms with van der Waals surface area (Å²) in [6.07, 6.45) is 0.974. The van der Waals surface area contributed by atoms with Gasteiger partial charge in [0.15, 0.2) is 4.34 Å². The van der Waals surface area contributed by atoms with Crippen molar-refractivity contribution < 1.29 is 14.6 Å². The molecule has 0 aliphatic carbocycles. The van der Waals surface area contributed by atoms with Crippen LogP contribution in [0.4, 0.5) is 10.8 Å². The van der Waals surface area contributed by atoms with E-state index in [1.807, 2.05) is 24.3 Å². The van der Waals surface area contributed by atoms with E-state index in [-0.39, 0.29) is 5.75 Å². The molecule has 2 N–H and O–H groups in total. The van der Waals surface area contributed by atoms with Crippen LogP contribution in [0.15, 0.2) is 28.6 Å². The van der Waals surface area contributed by atoms with Gasteiger partial charge >= 0.3 is 5.97 Å². The van der Waals surface area contributed by atoms with E-state index in [0.717, 1.165) is 29.6 Å². The third-order valence-corrected chi connectivity index (χ3v) is 4.26. The maximum Gasteiger partial charge on any atom is 0.313 e. The van der Waals surface area contributed by atoms with Crippen molar-refractivity contribution in [2.45, 2.75) is 17.7 Å². The fourth-order valence-electron chi connectivity index (χ4n) is 1.42. The molecule has 0 unspecified atom stereocenters. The van der Waals surface area contributed by atoms with E-state index >= 15 is 0 Å². The smallest absolute Gasteiger partial charge is 0.313 e. The molecule has 6 nitrogen and oxygen atoms in total. The molecule has 1 heterocycles. The Kier molecular flexibility index (Phi) is 5.82. The third-order valence-electron chi connectivity index (χ3n) is 2.30. The SMILES string of the molecule is CCCOc1ccc(Nc2nnc(SCC(=O)O)s2)cc1. The molecule has 0 aliphatic heterocycles. The van der Waals surface area contributed by atoms with E-state index in [4.69, 9.17) is 9.84 Å². The summed E-state index contributed by atoms with van der Waals surface area (Å²) in [5.74, 6) is -0.0531. The molecule has 0 aliphatic rings. The number of carbonyl (C=O) groups is 1. The van der Waals surface area contributed by atoms with Crippen LogP contribution in [0, 0.1) is 0 Å². The van der Waals surface area contributed by atoms with Gasteiger partial charge in [-0.2, -0.15) is 0 Å². The number of ether oxygens (including phenoxy) is 1. The Labute approximate surface area is 130 Å². The zero-order chi connectivity index (χ0) is 15.1. The fraction of sp³-hybridized carbons (Fsp3) is 0.308. The van der Waals surface area contributed by atoms with Crippen LogP contribution in [0.5, 0.6) is 5.75 Å². The molecule has 0 saturated carbocycles. The lowest BCUT2D eigenvalue weighted by atomic mass is 10.3. The Hall–Kier alpha value is -1.80. The van der Waals surface area contributed by atoms with E-state index in [9.17, 15) is 4.79 Å². The van der Waals surface area contributed by atoms with Crippen LogP contribution in [0.1, 0.15) is 13.3 Å². The highest BCUT2D eigenvalue weighted by Crippen LogP contribution is 2.28. The Balaban J connectivity index is 1.90. The van der Waals surface area contributed by atoms with Crippen molar-refractivity contribution in [2.75, 3.05) is 17.7 Å². The van der Waals surface area contributed by atoms with Crippen molar-refractivity contribution in [1.82, 2.24) is 10.2 Å². The van der Waals surface area contributed by atoms with Gasteiger partial charge in [0.25, 0.3) is 0 Å². The van der Waals surface area contributed by atoms with Crippen molar-refractivity contribution in [2.24, 2.45) is 0 Å². The lowest BCUT2D eigenvalue weighted by molar-refractivity contribution is -0.133. The summed E-state index contributed by atoms with van der Waals surface area (Å²) >= 11 is 2.48. The van der Waals surface area contributed by atoms with Crippen molar-refractivity contribution in [1.29, 1.82) is 0 Å². The van der Waals surface area contributed by atoms with E-state index in [1.54, 1.807) is 0 Å². The van der Waals surface area contributed by atoms with Gasteiger partial charge in [0.05, 0.1) is 12.4 Å². The average Bonchev–Trinajstić information content (AvgIpc) is 2.92. The number of hydrogen-bond acceptors (Lipinski definition) is 7. The Morgan fingerprint density at radius 1 is 1.38 bits per heavy atom. The number of rotatable bonds is 8. The number of nitrogens with zero attached hydrogens (tertiary/aromatic N) is 2. The van der Waals surface area contributed by atoms with Crippen LogP contribution in [-0.4, -0.2) is 33.6 Å². The molecule has 0 bridgehead atoms. The second kappa shape index (κ2) is 7.84. The second-order valence-electron chi connectivity index (χ2n) is 4.05. The molecule has 0 saturated heterocycles. The van der Waals surface area contributed by atoms with E-state index in [1.165, 1.54) is 11.3 Å². The lowest BCUT2D eigenvalue weighted by Crippen LogP contribution is -1.96. The summed E-state index contributed by atoms with van der Waals surface area (Å²) < 4.78 is 6.13. The average molecular weight is 325 g/mol. The topological polar surface area (TPSA) is 84.3 Å². The molecule has 1 aromatic heterocycles. The number of benzene rings is 1. The molecule has 8 heteroatoms. The summed E-state index contributed by atoms with van der Waals surface area (Å²) in [6, 6.07) is 7.57. The first kappa shape index (κ1) is 15.6. The number of nitrogens with one attached hydrogen (secondary N) is 1. The van der Waals surface area contributed by atoms with Gasteiger partial charge in [0, 0.05) is 5.69 Å². The van der Waals surface area contributed by atoms with Gasteiger partial charge in [0.1, 0.15) is 5.75 Å². The first-order valence-corrected chi connectivity index (χ1v) is 8.15. The van der Waals surface area contributed by atoms with Crippen LogP contribution in [0.25, 0.3) is 0 Å². The Morgan fingerprint density at radius 2 is 2.14 bits per heavy atom. The zero-order valence-electron chi connectivity index (χ0n) is 11.4. The second-order valence-corrected chi connectivity index (χ2v) is 6.25. The lowest BCUT2D eigenvalue weighted by Gasteiger charge is -2.06. The molecule has 1 aromatic carbocycles. The molecule has 0 fully saturated rings. The monoisotopic (exact) mass is 325 g/mol. The van der Waals surface area contributed by atoms with Gasteiger partial charge in [0.2, 0.25) is 5.13 Å². The maximum absolute atomic E-state index is 10.5. The van der Waals surface area contributed by atoms with Crippen molar-refractivity contribution in [3.63, 3.8) is 0 Å². The van der Waals surface area contributed by atoms with Gasteiger partial charge in [-0.15, -0.1) is 10.2 Å². The third kappa shape index (κ3) is 5.24. The summed E-state index contributed by atoms with van der Waals surface area (Å²) in [5, 5.41) is 20.3. The number of anilines is 2. The van der Waals surface area contributed by atoms with Gasteiger partial charge < -0.3 is 15.2 Å². The predicted octanol–water partition coefficient (Wildman–Crippen LogP) is 3.25. The maximum atomic E-state index is 10.5. The summed E-state index contributed by atoms with van der Waals surface area (Å²) in [6.45, 7) is 2.76. The molecular formula is C13H15N3O3S2. The van der Waals surface area contributed by atoms with Crippen LogP contribution < -0.4 is 10.1 Å². The molecule has 2 aromatic rings. The zero-order valence-corrected chi connectivity index (χ0v) is 13.0. The number of aliphatic carboxylic acids is 1. The van der Waals surface area contributed by atoms with Crippen LogP contribution in [0.2, 0.25) is 0 Å². The fourth-order valence-corrected chi connectivity index (χ4v) is 2.91. The van der Waals surface area contributed by atoms with Crippen molar-refractivity contribution >= 4 is 39.9 Å². The molecule has 112 valence electrons. The van der Waals surface area contributed by atoms with Crippen LogP contribution >= 0.6 is 23.1 Å². The number of carboxylic acids is 1. The number of hydrogen-bond donors (Lipinski definition) is 2. The minimum Gasteiger partial charge on any atom is -0.494 e. The van der Waals surface area contributed by atoms with Gasteiger partial charge in [-0.1, -0.05) is 30.0 Å². The van der Waals surface area contributed by atoms with Gasteiger partial charge in [-0.05, 0) is 30.7 Å². The molecule has 0 spiro atoms. The molecule has 0 atom stereocenters. The molecule has 0 radical (unpaired) electrons. The first-order valence-electron chi connectivity index (χ1n) is 6.35. The quantitative estimate of drug-likeness (QED) is 0.721. The van der Waals surface area contributed by atoms with Crippen molar-refractivity contribution in [3.8, 4) is 5.75 Å². The molecule has 21 heavy (non-hydrogen) atoms. The van der Waals surface area contributed by atoms with E-state index < -0.39 is 5.97 Å². The Bertz CT molecular complexity index is 587.